The Morgan fingerprint density at radius 1 is 0.312 bits per heavy atom. The molecule has 0 aliphatic heterocycles. The maximum atomic E-state index is 2.40. The Bertz CT molecular complexity index is 2570. The van der Waals surface area contributed by atoms with Crippen LogP contribution in [0.5, 0.6) is 0 Å². The van der Waals surface area contributed by atoms with E-state index in [1.807, 2.05) is 11.3 Å². The van der Waals surface area contributed by atoms with Crippen LogP contribution in [0.2, 0.25) is 0 Å². The third-order valence-electron chi connectivity index (χ3n) is 9.23. The van der Waals surface area contributed by atoms with E-state index in [0.29, 0.717) is 0 Å². The van der Waals surface area contributed by atoms with E-state index in [4.69, 9.17) is 0 Å². The zero-order valence-corrected chi connectivity index (χ0v) is 27.1. The van der Waals surface area contributed by atoms with Crippen LogP contribution in [-0.4, -0.2) is 0 Å². The summed E-state index contributed by atoms with van der Waals surface area (Å²) < 4.78 is 2.62. The summed E-state index contributed by atoms with van der Waals surface area (Å²) in [6.07, 6.45) is 0. The largest absolute Gasteiger partial charge is 0.310 e. The van der Waals surface area contributed by atoms with Crippen molar-refractivity contribution in [2.45, 2.75) is 0 Å². The number of hydrogen-bond acceptors (Lipinski definition) is 2. The van der Waals surface area contributed by atoms with Crippen LogP contribution < -0.4 is 4.90 Å². The highest BCUT2D eigenvalue weighted by Gasteiger charge is 2.17. The molecule has 2 heteroatoms. The smallest absolute Gasteiger partial charge is 0.0468 e. The normalized spacial score (nSPS) is 11.3. The lowest BCUT2D eigenvalue weighted by atomic mass is 9.95. The molecule has 0 atom stereocenters. The summed E-state index contributed by atoms with van der Waals surface area (Å²) in [6.45, 7) is 0. The molecule has 9 aromatic rings. The molecule has 226 valence electrons. The molecule has 0 saturated heterocycles. The van der Waals surface area contributed by atoms with E-state index in [-0.39, 0.29) is 0 Å². The van der Waals surface area contributed by atoms with E-state index < -0.39 is 0 Å². The Morgan fingerprint density at radius 3 is 1.67 bits per heavy atom. The van der Waals surface area contributed by atoms with E-state index in [0.717, 1.165) is 17.1 Å². The predicted octanol–water partition coefficient (Wildman–Crippen LogP) is 13.7. The standard InChI is InChI=1S/C46H31NS/c1-2-12-32(13-3-1)35-17-9-20-38(29-35)47(40-26-27-46-44(31-40)43-23-6-7-25-45(43)48-46)39-21-10-18-36(30-39)34-16-8-19-37(28-34)42-24-11-15-33-14-4-5-22-41(33)42/h1-31H. The lowest BCUT2D eigenvalue weighted by Gasteiger charge is -2.27. The van der Waals surface area contributed by atoms with Gasteiger partial charge in [0.1, 0.15) is 0 Å². The van der Waals surface area contributed by atoms with Crippen LogP contribution in [0.1, 0.15) is 0 Å². The van der Waals surface area contributed by atoms with Gasteiger partial charge in [-0.25, -0.2) is 0 Å². The van der Waals surface area contributed by atoms with Crippen LogP contribution in [0.25, 0.3) is 64.3 Å². The zero-order chi connectivity index (χ0) is 31.9. The SMILES string of the molecule is c1ccc(-c2cccc(N(c3cccc(-c4cccc(-c5cccc6ccccc56)c4)c3)c3ccc4sc5ccccc5c4c3)c2)cc1. The van der Waals surface area contributed by atoms with Crippen molar-refractivity contribution in [1.82, 2.24) is 0 Å². The maximum Gasteiger partial charge on any atom is 0.0468 e. The van der Waals surface area contributed by atoms with Crippen molar-refractivity contribution in [2.24, 2.45) is 0 Å². The van der Waals surface area contributed by atoms with E-state index in [9.17, 15) is 0 Å². The average molecular weight is 630 g/mol. The van der Waals surface area contributed by atoms with Crippen LogP contribution in [-0.2, 0) is 0 Å². The molecule has 0 aliphatic rings. The van der Waals surface area contributed by atoms with Crippen LogP contribution in [0.4, 0.5) is 17.1 Å². The van der Waals surface area contributed by atoms with Gasteiger partial charge in [0.25, 0.3) is 0 Å². The number of fused-ring (bicyclic) bond motifs is 4. The fourth-order valence-corrected chi connectivity index (χ4v) is 8.01. The fourth-order valence-electron chi connectivity index (χ4n) is 6.92. The number of nitrogens with zero attached hydrogens (tertiary/aromatic N) is 1. The summed E-state index contributed by atoms with van der Waals surface area (Å²) in [7, 11) is 0. The minimum absolute atomic E-state index is 1.12. The van der Waals surface area contributed by atoms with Gasteiger partial charge in [0.2, 0.25) is 0 Å². The van der Waals surface area contributed by atoms with Gasteiger partial charge in [0.05, 0.1) is 0 Å². The molecular formula is C46H31NS. The Labute approximate surface area is 284 Å². The summed E-state index contributed by atoms with van der Waals surface area (Å²) in [5.74, 6) is 0. The highest BCUT2D eigenvalue weighted by atomic mass is 32.1. The van der Waals surface area contributed by atoms with Crippen molar-refractivity contribution in [3.8, 4) is 33.4 Å². The number of benzene rings is 8. The maximum absolute atomic E-state index is 2.40. The number of rotatable bonds is 6. The quantitative estimate of drug-likeness (QED) is 0.177. The monoisotopic (exact) mass is 629 g/mol. The highest BCUT2D eigenvalue weighted by molar-refractivity contribution is 7.25. The molecule has 1 heterocycles. The summed E-state index contributed by atoms with van der Waals surface area (Å²) in [6, 6.07) is 68.2. The van der Waals surface area contributed by atoms with E-state index in [1.54, 1.807) is 0 Å². The molecule has 48 heavy (non-hydrogen) atoms. The summed E-state index contributed by atoms with van der Waals surface area (Å²) in [5.41, 5.74) is 10.6. The molecule has 0 spiro atoms. The molecule has 1 nitrogen and oxygen atoms in total. The zero-order valence-electron chi connectivity index (χ0n) is 26.3. The molecule has 1 aromatic heterocycles. The Hall–Kier alpha value is -5.96. The number of thiophene rings is 1. The first kappa shape index (κ1) is 28.3. The van der Waals surface area contributed by atoms with Crippen molar-refractivity contribution in [2.75, 3.05) is 4.90 Å². The first-order valence-corrected chi connectivity index (χ1v) is 17.2. The van der Waals surface area contributed by atoms with Crippen molar-refractivity contribution in [3.63, 3.8) is 0 Å². The van der Waals surface area contributed by atoms with E-state index in [1.165, 1.54) is 64.3 Å². The van der Waals surface area contributed by atoms with Gasteiger partial charge in [-0.3, -0.25) is 0 Å². The first-order valence-electron chi connectivity index (χ1n) is 16.3. The van der Waals surface area contributed by atoms with Gasteiger partial charge in [-0.1, -0.05) is 133 Å². The van der Waals surface area contributed by atoms with Gasteiger partial charge in [0.15, 0.2) is 0 Å². The highest BCUT2D eigenvalue weighted by Crippen LogP contribution is 2.42. The van der Waals surface area contributed by atoms with Crippen molar-refractivity contribution < 1.29 is 0 Å². The Kier molecular flexibility index (Phi) is 7.07. The van der Waals surface area contributed by atoms with E-state index >= 15 is 0 Å². The predicted molar refractivity (Wildman–Crippen MR) is 208 cm³/mol. The molecule has 0 radical (unpaired) electrons. The lowest BCUT2D eigenvalue weighted by Crippen LogP contribution is -2.10. The summed E-state index contributed by atoms with van der Waals surface area (Å²) >= 11 is 1.85. The lowest BCUT2D eigenvalue weighted by molar-refractivity contribution is 1.29. The molecule has 0 unspecified atom stereocenters. The molecule has 0 N–H and O–H groups in total. The summed E-state index contributed by atoms with van der Waals surface area (Å²) in [5, 5.41) is 5.12. The molecule has 0 bridgehead atoms. The molecule has 0 amide bonds. The Morgan fingerprint density at radius 2 is 0.854 bits per heavy atom. The molecule has 0 saturated carbocycles. The second-order valence-electron chi connectivity index (χ2n) is 12.2. The third-order valence-corrected chi connectivity index (χ3v) is 10.4. The van der Waals surface area contributed by atoms with Crippen LogP contribution in [0.3, 0.4) is 0 Å². The molecule has 9 rings (SSSR count). The first-order chi connectivity index (χ1) is 23.8. The molecule has 0 fully saturated rings. The molecule has 8 aromatic carbocycles. The van der Waals surface area contributed by atoms with Crippen LogP contribution >= 0.6 is 11.3 Å². The third kappa shape index (κ3) is 5.13. The van der Waals surface area contributed by atoms with Gasteiger partial charge in [-0.2, -0.15) is 0 Å². The van der Waals surface area contributed by atoms with Gasteiger partial charge < -0.3 is 4.90 Å². The Balaban J connectivity index is 1.19. The second kappa shape index (κ2) is 12.0. The van der Waals surface area contributed by atoms with Crippen molar-refractivity contribution >= 4 is 59.3 Å². The van der Waals surface area contributed by atoms with Crippen LogP contribution in [0, 0.1) is 0 Å². The topological polar surface area (TPSA) is 3.24 Å². The molecule has 0 aliphatic carbocycles. The second-order valence-corrected chi connectivity index (χ2v) is 13.3. The average Bonchev–Trinajstić information content (AvgIpc) is 3.53. The van der Waals surface area contributed by atoms with Gasteiger partial charge in [0, 0.05) is 37.2 Å². The van der Waals surface area contributed by atoms with Crippen molar-refractivity contribution in [1.29, 1.82) is 0 Å². The summed E-state index contributed by atoms with van der Waals surface area (Å²) in [4.78, 5) is 2.40. The number of anilines is 3. The fraction of sp³-hybridized carbons (Fsp3) is 0. The minimum atomic E-state index is 1.12. The van der Waals surface area contributed by atoms with Crippen molar-refractivity contribution in [3.05, 3.63) is 188 Å². The number of hydrogen-bond donors (Lipinski definition) is 0. The minimum Gasteiger partial charge on any atom is -0.310 e. The van der Waals surface area contributed by atoms with Gasteiger partial charge >= 0.3 is 0 Å². The van der Waals surface area contributed by atoms with Gasteiger partial charge in [-0.15, -0.1) is 11.3 Å². The molecular weight excluding hydrogens is 599 g/mol. The van der Waals surface area contributed by atoms with E-state index in [2.05, 4.69) is 193 Å². The van der Waals surface area contributed by atoms with Crippen LogP contribution in [0.15, 0.2) is 188 Å². The van der Waals surface area contributed by atoms with Gasteiger partial charge in [-0.05, 0) is 98.8 Å².